The first-order valence-corrected chi connectivity index (χ1v) is 10.1. The van der Waals surface area contributed by atoms with Crippen LogP contribution < -0.4 is 15.5 Å². The Labute approximate surface area is 168 Å². The Balaban J connectivity index is 1.47. The van der Waals surface area contributed by atoms with Gasteiger partial charge in [0.05, 0.1) is 0 Å². The maximum atomic E-state index is 5.42. The number of anilines is 2. The van der Waals surface area contributed by atoms with Crippen LogP contribution in [0, 0.1) is 0 Å². The summed E-state index contributed by atoms with van der Waals surface area (Å²) in [5.74, 6) is 0.540. The van der Waals surface area contributed by atoms with Crippen molar-refractivity contribution >= 4 is 28.7 Å². The molecule has 0 saturated carbocycles. The largest absolute Gasteiger partial charge is 0.369 e. The zero-order valence-corrected chi connectivity index (χ0v) is 17.4. The van der Waals surface area contributed by atoms with E-state index < -0.39 is 0 Å². The molecule has 0 radical (unpaired) electrons. The van der Waals surface area contributed by atoms with Crippen molar-refractivity contribution in [2.24, 2.45) is 0 Å². The molecule has 2 aromatic rings. The highest BCUT2D eigenvalue weighted by atomic mass is 32.1. The molecule has 3 rings (SSSR count). The van der Waals surface area contributed by atoms with Gasteiger partial charge in [0.25, 0.3) is 0 Å². The van der Waals surface area contributed by atoms with E-state index in [-0.39, 0.29) is 0 Å². The molecule has 1 saturated heterocycles. The lowest BCUT2D eigenvalue weighted by Crippen LogP contribution is -2.44. The molecule has 2 N–H and O–H groups in total. The van der Waals surface area contributed by atoms with Crippen molar-refractivity contribution in [1.29, 1.82) is 0 Å². The van der Waals surface area contributed by atoms with E-state index in [1.165, 1.54) is 16.8 Å². The first kappa shape index (κ1) is 19.6. The second-order valence-corrected chi connectivity index (χ2v) is 7.95. The Morgan fingerprint density at radius 3 is 2.19 bits per heavy atom. The van der Waals surface area contributed by atoms with Crippen LogP contribution >= 0.6 is 12.2 Å². The Kier molecular flexibility index (Phi) is 6.69. The summed E-state index contributed by atoms with van der Waals surface area (Å²) >= 11 is 5.42. The molecule has 0 unspecified atom stereocenters. The third-order valence-corrected chi connectivity index (χ3v) is 5.34. The van der Waals surface area contributed by atoms with Crippen LogP contribution in [-0.2, 0) is 6.54 Å². The molecule has 0 aliphatic carbocycles. The highest BCUT2D eigenvalue weighted by molar-refractivity contribution is 7.80. The minimum atomic E-state index is 0.540. The van der Waals surface area contributed by atoms with Gasteiger partial charge in [-0.25, -0.2) is 0 Å². The van der Waals surface area contributed by atoms with E-state index in [2.05, 4.69) is 89.9 Å². The van der Waals surface area contributed by atoms with Crippen LogP contribution in [0.1, 0.15) is 30.9 Å². The smallest absolute Gasteiger partial charge is 0.171 e. The van der Waals surface area contributed by atoms with Crippen molar-refractivity contribution < 1.29 is 0 Å². The van der Waals surface area contributed by atoms with Crippen LogP contribution in [-0.4, -0.2) is 43.2 Å². The molecule has 0 amide bonds. The fraction of sp³-hybridized carbons (Fsp3) is 0.409. The number of hydrogen-bond donors (Lipinski definition) is 2. The third-order valence-electron chi connectivity index (χ3n) is 5.09. The predicted molar refractivity (Wildman–Crippen MR) is 120 cm³/mol. The Bertz CT molecular complexity index is 732. The fourth-order valence-corrected chi connectivity index (χ4v) is 3.39. The second kappa shape index (κ2) is 9.20. The van der Waals surface area contributed by atoms with Gasteiger partial charge < -0.3 is 20.4 Å². The van der Waals surface area contributed by atoms with Crippen molar-refractivity contribution in [3.8, 4) is 0 Å². The lowest BCUT2D eigenvalue weighted by atomic mass is 10.0. The number of nitrogens with zero attached hydrogens (tertiary/aromatic N) is 2. The van der Waals surface area contributed by atoms with Gasteiger partial charge in [0.15, 0.2) is 5.11 Å². The first-order valence-electron chi connectivity index (χ1n) is 9.68. The van der Waals surface area contributed by atoms with E-state index in [0.717, 1.165) is 38.4 Å². The molecular formula is C22H30N4S. The average Bonchev–Trinajstić information content (AvgIpc) is 2.68. The summed E-state index contributed by atoms with van der Waals surface area (Å²) in [4.78, 5) is 4.82. The van der Waals surface area contributed by atoms with Gasteiger partial charge in [0, 0.05) is 44.1 Å². The van der Waals surface area contributed by atoms with Gasteiger partial charge in [-0.2, -0.15) is 0 Å². The number of thiocarbonyl (C=S) groups is 1. The molecule has 27 heavy (non-hydrogen) atoms. The summed E-state index contributed by atoms with van der Waals surface area (Å²) in [5, 5.41) is 7.19. The minimum absolute atomic E-state index is 0.540. The third kappa shape index (κ3) is 5.68. The zero-order chi connectivity index (χ0) is 19.2. The highest BCUT2D eigenvalue weighted by Gasteiger charge is 2.13. The average molecular weight is 383 g/mol. The summed E-state index contributed by atoms with van der Waals surface area (Å²) < 4.78 is 0. The number of rotatable bonds is 5. The van der Waals surface area contributed by atoms with Gasteiger partial charge in [0.2, 0.25) is 0 Å². The van der Waals surface area contributed by atoms with E-state index in [9.17, 15) is 0 Å². The van der Waals surface area contributed by atoms with Gasteiger partial charge >= 0.3 is 0 Å². The van der Waals surface area contributed by atoms with Crippen LogP contribution in [0.3, 0.4) is 0 Å². The lowest BCUT2D eigenvalue weighted by molar-refractivity contribution is 0.313. The molecule has 4 nitrogen and oxygen atoms in total. The van der Waals surface area contributed by atoms with E-state index in [1.54, 1.807) is 0 Å². The van der Waals surface area contributed by atoms with E-state index in [4.69, 9.17) is 12.2 Å². The van der Waals surface area contributed by atoms with Gasteiger partial charge in [-0.15, -0.1) is 0 Å². The van der Waals surface area contributed by atoms with E-state index >= 15 is 0 Å². The summed E-state index contributed by atoms with van der Waals surface area (Å²) in [5.41, 5.74) is 4.88. The van der Waals surface area contributed by atoms with Crippen LogP contribution in [0.25, 0.3) is 0 Å². The van der Waals surface area contributed by atoms with Gasteiger partial charge in [-0.3, -0.25) is 0 Å². The number of likely N-dealkylation sites (N-methyl/N-ethyl adjacent to an activating group) is 1. The molecule has 2 aromatic carbocycles. The molecule has 1 aliphatic rings. The summed E-state index contributed by atoms with van der Waals surface area (Å²) in [6, 6.07) is 17.2. The van der Waals surface area contributed by atoms with Crippen LogP contribution in [0.15, 0.2) is 48.5 Å². The number of benzene rings is 2. The van der Waals surface area contributed by atoms with Crippen molar-refractivity contribution in [3.63, 3.8) is 0 Å². The molecule has 0 aromatic heterocycles. The topological polar surface area (TPSA) is 30.5 Å². The molecule has 1 heterocycles. The van der Waals surface area contributed by atoms with Gasteiger partial charge in [-0.05, 0) is 60.6 Å². The number of hydrogen-bond acceptors (Lipinski definition) is 3. The SMILES string of the molecule is CC(C)c1ccc(NC(=S)NCc2ccc(N3CCN(C)CC3)cc2)cc1. The molecule has 0 atom stereocenters. The molecule has 0 bridgehead atoms. The van der Waals surface area contributed by atoms with Crippen molar-refractivity contribution in [2.75, 3.05) is 43.4 Å². The van der Waals surface area contributed by atoms with Gasteiger partial charge in [-0.1, -0.05) is 38.1 Å². The van der Waals surface area contributed by atoms with E-state index in [0.29, 0.717) is 11.0 Å². The number of nitrogens with one attached hydrogen (secondary N) is 2. The minimum Gasteiger partial charge on any atom is -0.369 e. The molecule has 0 spiro atoms. The first-order chi connectivity index (χ1) is 13.0. The van der Waals surface area contributed by atoms with Crippen molar-refractivity contribution in [3.05, 3.63) is 59.7 Å². The van der Waals surface area contributed by atoms with Crippen LogP contribution in [0.5, 0.6) is 0 Å². The van der Waals surface area contributed by atoms with Gasteiger partial charge in [0.1, 0.15) is 0 Å². The molecule has 1 fully saturated rings. The van der Waals surface area contributed by atoms with Crippen molar-refractivity contribution in [2.45, 2.75) is 26.3 Å². The zero-order valence-electron chi connectivity index (χ0n) is 16.5. The fourth-order valence-electron chi connectivity index (χ4n) is 3.20. The van der Waals surface area contributed by atoms with Crippen LogP contribution in [0.4, 0.5) is 11.4 Å². The Hall–Kier alpha value is -2.11. The monoisotopic (exact) mass is 382 g/mol. The summed E-state index contributed by atoms with van der Waals surface area (Å²) in [7, 11) is 2.18. The second-order valence-electron chi connectivity index (χ2n) is 7.54. The molecule has 144 valence electrons. The standard InChI is InChI=1S/C22H30N4S/c1-17(2)19-6-8-20(9-7-19)24-22(27)23-16-18-4-10-21(11-5-18)26-14-12-25(3)13-15-26/h4-11,17H,12-16H2,1-3H3,(H2,23,24,27). The Morgan fingerprint density at radius 1 is 0.963 bits per heavy atom. The van der Waals surface area contributed by atoms with Crippen LogP contribution in [0.2, 0.25) is 0 Å². The maximum Gasteiger partial charge on any atom is 0.171 e. The summed E-state index contributed by atoms with van der Waals surface area (Å²) in [6.07, 6.45) is 0. The predicted octanol–water partition coefficient (Wildman–Crippen LogP) is 4.05. The summed E-state index contributed by atoms with van der Waals surface area (Å²) in [6.45, 7) is 9.56. The number of piperazine rings is 1. The molecular weight excluding hydrogens is 352 g/mol. The quantitative estimate of drug-likeness (QED) is 0.762. The van der Waals surface area contributed by atoms with Crippen molar-refractivity contribution in [1.82, 2.24) is 10.2 Å². The molecule has 5 heteroatoms. The molecule has 1 aliphatic heterocycles. The Morgan fingerprint density at radius 2 is 1.59 bits per heavy atom. The highest BCUT2D eigenvalue weighted by Crippen LogP contribution is 2.18. The maximum absolute atomic E-state index is 5.42. The lowest BCUT2D eigenvalue weighted by Gasteiger charge is -2.34. The normalized spacial score (nSPS) is 15.0. The van der Waals surface area contributed by atoms with E-state index in [1.807, 2.05) is 0 Å².